The number of carbonyl (C=O) groups is 2. The number of nitrogens with one attached hydrogen (secondary N) is 1. The van der Waals surface area contributed by atoms with Crippen molar-refractivity contribution in [3.8, 4) is 11.5 Å². The molecule has 0 bridgehead atoms. The van der Waals surface area contributed by atoms with Crippen molar-refractivity contribution in [2.75, 3.05) is 20.3 Å². The summed E-state index contributed by atoms with van der Waals surface area (Å²) in [6.45, 7) is 4.34. The number of ether oxygens (including phenoxy) is 2. The largest absolute Gasteiger partial charge is 0.497 e. The first-order valence-corrected chi connectivity index (χ1v) is 11.8. The molecule has 0 saturated heterocycles. The minimum atomic E-state index is -0.604. The first-order chi connectivity index (χ1) is 16.0. The molecule has 7 heteroatoms. The molecule has 0 aliphatic rings. The molecule has 174 valence electrons. The van der Waals surface area contributed by atoms with Gasteiger partial charge in [0.05, 0.1) is 11.6 Å². The molecule has 1 N–H and O–H groups in total. The maximum absolute atomic E-state index is 13.3. The number of methoxy groups -OCH3 is 1. The molecule has 0 fully saturated rings. The molecule has 3 aromatic carbocycles. The predicted octanol–water partition coefficient (Wildman–Crippen LogP) is 4.93. The van der Waals surface area contributed by atoms with Gasteiger partial charge in [-0.3, -0.25) is 9.59 Å². The van der Waals surface area contributed by atoms with Crippen LogP contribution in [0.2, 0.25) is 0 Å². The van der Waals surface area contributed by atoms with E-state index in [0.29, 0.717) is 24.5 Å². The highest BCUT2D eigenvalue weighted by molar-refractivity contribution is 9.10. The minimum Gasteiger partial charge on any atom is -0.497 e. The SMILES string of the molecule is CCNC(=O)[C@H](CC)N(Cc1cccc(OC)c1)C(=O)COc1ccc2ccccc2c1Br. The fourth-order valence-corrected chi connectivity index (χ4v) is 4.33. The third-order valence-corrected chi connectivity index (χ3v) is 6.22. The van der Waals surface area contributed by atoms with E-state index in [9.17, 15) is 9.59 Å². The highest BCUT2D eigenvalue weighted by Gasteiger charge is 2.29. The molecule has 1 atom stereocenters. The van der Waals surface area contributed by atoms with Crippen LogP contribution in [0.25, 0.3) is 10.8 Å². The van der Waals surface area contributed by atoms with Crippen LogP contribution in [-0.4, -0.2) is 43.0 Å². The van der Waals surface area contributed by atoms with Gasteiger partial charge in [0.2, 0.25) is 5.91 Å². The lowest BCUT2D eigenvalue weighted by Crippen LogP contribution is -2.50. The van der Waals surface area contributed by atoms with Crippen molar-refractivity contribution in [2.24, 2.45) is 0 Å². The standard InChI is InChI=1S/C26H29BrN2O4/c1-4-22(26(31)28-5-2)29(16-18-9-8-11-20(15-18)32-3)24(30)17-33-23-14-13-19-10-6-7-12-21(19)25(23)27/h6-15,22H,4-5,16-17H2,1-3H3,(H,28,31)/t22-/m0/s1. The van der Waals surface area contributed by atoms with Gasteiger partial charge in [-0.1, -0.05) is 49.4 Å². The van der Waals surface area contributed by atoms with E-state index in [1.54, 1.807) is 12.0 Å². The molecule has 0 saturated carbocycles. The Morgan fingerprint density at radius 2 is 1.85 bits per heavy atom. The number of rotatable bonds is 10. The average molecular weight is 513 g/mol. The van der Waals surface area contributed by atoms with Gasteiger partial charge in [-0.05, 0) is 63.8 Å². The number of hydrogen-bond donors (Lipinski definition) is 1. The Hall–Kier alpha value is -3.06. The van der Waals surface area contributed by atoms with Gasteiger partial charge >= 0.3 is 0 Å². The first kappa shape index (κ1) is 24.6. The third kappa shape index (κ3) is 6.05. The predicted molar refractivity (Wildman–Crippen MR) is 133 cm³/mol. The van der Waals surface area contributed by atoms with Crippen molar-refractivity contribution in [1.82, 2.24) is 10.2 Å². The maximum Gasteiger partial charge on any atom is 0.261 e. The Morgan fingerprint density at radius 1 is 1.06 bits per heavy atom. The smallest absolute Gasteiger partial charge is 0.261 e. The second-order valence-electron chi connectivity index (χ2n) is 7.58. The zero-order valence-corrected chi connectivity index (χ0v) is 20.7. The molecule has 0 aliphatic heterocycles. The first-order valence-electron chi connectivity index (χ1n) is 11.0. The summed E-state index contributed by atoms with van der Waals surface area (Å²) in [4.78, 5) is 27.6. The van der Waals surface area contributed by atoms with Crippen LogP contribution in [0.1, 0.15) is 25.8 Å². The molecule has 6 nitrogen and oxygen atoms in total. The Kier molecular flexibility index (Phi) is 8.72. The van der Waals surface area contributed by atoms with Gasteiger partial charge in [0.15, 0.2) is 6.61 Å². The van der Waals surface area contributed by atoms with Crippen molar-refractivity contribution in [1.29, 1.82) is 0 Å². The number of halogens is 1. The van der Waals surface area contributed by atoms with Gasteiger partial charge in [-0.15, -0.1) is 0 Å². The van der Waals surface area contributed by atoms with Crippen LogP contribution in [0.15, 0.2) is 65.1 Å². The Morgan fingerprint density at radius 3 is 2.58 bits per heavy atom. The van der Waals surface area contributed by atoms with Gasteiger partial charge in [-0.2, -0.15) is 0 Å². The molecule has 3 aromatic rings. The zero-order valence-electron chi connectivity index (χ0n) is 19.1. The Balaban J connectivity index is 1.83. The summed E-state index contributed by atoms with van der Waals surface area (Å²) in [5.74, 6) is 0.829. The molecule has 0 spiro atoms. The Labute approximate surface area is 203 Å². The molecular weight excluding hydrogens is 484 g/mol. The quantitative estimate of drug-likeness (QED) is 0.418. The van der Waals surface area contributed by atoms with Crippen LogP contribution in [0.3, 0.4) is 0 Å². The highest BCUT2D eigenvalue weighted by Crippen LogP contribution is 2.33. The van der Waals surface area contributed by atoms with E-state index >= 15 is 0 Å². The number of carbonyl (C=O) groups excluding carboxylic acids is 2. The number of hydrogen-bond acceptors (Lipinski definition) is 4. The van der Waals surface area contributed by atoms with Crippen LogP contribution in [-0.2, 0) is 16.1 Å². The van der Waals surface area contributed by atoms with Crippen LogP contribution < -0.4 is 14.8 Å². The van der Waals surface area contributed by atoms with Gasteiger partial charge in [0.25, 0.3) is 5.91 Å². The monoisotopic (exact) mass is 512 g/mol. The molecule has 0 radical (unpaired) electrons. The molecule has 0 heterocycles. The second-order valence-corrected chi connectivity index (χ2v) is 8.37. The maximum atomic E-state index is 13.3. The van der Waals surface area contributed by atoms with E-state index in [1.165, 1.54) is 0 Å². The summed E-state index contributed by atoms with van der Waals surface area (Å²) in [6, 6.07) is 18.6. The van der Waals surface area contributed by atoms with Crippen molar-refractivity contribution >= 4 is 38.5 Å². The lowest BCUT2D eigenvalue weighted by molar-refractivity contribution is -0.142. The van der Waals surface area contributed by atoms with Gasteiger partial charge < -0.3 is 19.7 Å². The van der Waals surface area contributed by atoms with E-state index in [4.69, 9.17) is 9.47 Å². The highest BCUT2D eigenvalue weighted by atomic mass is 79.9. The van der Waals surface area contributed by atoms with E-state index < -0.39 is 6.04 Å². The normalized spacial score (nSPS) is 11.6. The summed E-state index contributed by atoms with van der Waals surface area (Å²) in [5.41, 5.74) is 0.873. The van der Waals surface area contributed by atoms with Crippen LogP contribution >= 0.6 is 15.9 Å². The number of fused-ring (bicyclic) bond motifs is 1. The van der Waals surface area contributed by atoms with Gasteiger partial charge in [-0.25, -0.2) is 0 Å². The molecule has 0 aliphatic carbocycles. The Bertz CT molecular complexity index is 1120. The van der Waals surface area contributed by atoms with Gasteiger partial charge in [0, 0.05) is 13.1 Å². The third-order valence-electron chi connectivity index (χ3n) is 5.40. The van der Waals surface area contributed by atoms with Gasteiger partial charge in [0.1, 0.15) is 17.5 Å². The van der Waals surface area contributed by atoms with E-state index in [-0.39, 0.29) is 25.0 Å². The van der Waals surface area contributed by atoms with Crippen molar-refractivity contribution < 1.29 is 19.1 Å². The molecule has 0 unspecified atom stereocenters. The van der Waals surface area contributed by atoms with Crippen molar-refractivity contribution in [3.05, 3.63) is 70.7 Å². The summed E-state index contributed by atoms with van der Waals surface area (Å²) >= 11 is 3.60. The van der Waals surface area contributed by atoms with E-state index in [0.717, 1.165) is 20.8 Å². The summed E-state index contributed by atoms with van der Waals surface area (Å²) in [5, 5.41) is 4.92. The summed E-state index contributed by atoms with van der Waals surface area (Å²) < 4.78 is 12.0. The summed E-state index contributed by atoms with van der Waals surface area (Å²) in [6.07, 6.45) is 0.487. The summed E-state index contributed by atoms with van der Waals surface area (Å²) in [7, 11) is 1.60. The van der Waals surface area contributed by atoms with Crippen molar-refractivity contribution in [3.63, 3.8) is 0 Å². The molecule has 0 aromatic heterocycles. The number of amides is 2. The number of nitrogens with zero attached hydrogens (tertiary/aromatic N) is 1. The fraction of sp³-hybridized carbons (Fsp3) is 0.308. The number of likely N-dealkylation sites (N-methyl/N-ethyl adjacent to an activating group) is 1. The van der Waals surface area contributed by atoms with E-state index in [2.05, 4.69) is 21.2 Å². The van der Waals surface area contributed by atoms with Crippen molar-refractivity contribution in [2.45, 2.75) is 32.9 Å². The van der Waals surface area contributed by atoms with E-state index in [1.807, 2.05) is 74.5 Å². The fourth-order valence-electron chi connectivity index (χ4n) is 3.73. The average Bonchev–Trinajstić information content (AvgIpc) is 2.83. The molecule has 2 amide bonds. The van der Waals surface area contributed by atoms with Crippen LogP contribution in [0.5, 0.6) is 11.5 Å². The van der Waals surface area contributed by atoms with Crippen LogP contribution in [0.4, 0.5) is 0 Å². The number of benzene rings is 3. The lowest BCUT2D eigenvalue weighted by Gasteiger charge is -2.30. The molecule has 33 heavy (non-hydrogen) atoms. The topological polar surface area (TPSA) is 67.9 Å². The lowest BCUT2D eigenvalue weighted by atomic mass is 10.1. The zero-order chi connectivity index (χ0) is 23.8. The minimum absolute atomic E-state index is 0.178. The molecular formula is C26H29BrN2O4. The van der Waals surface area contributed by atoms with Crippen LogP contribution in [0, 0.1) is 0 Å². The molecule has 3 rings (SSSR count). The second kappa shape index (κ2) is 11.7.